The zero-order chi connectivity index (χ0) is 12.1. The Balaban J connectivity index is 2.78. The molecule has 4 heteroatoms. The normalized spacial score (nSPS) is 12.7. The van der Waals surface area contributed by atoms with E-state index in [0.717, 1.165) is 17.8 Å². The van der Waals surface area contributed by atoms with Gasteiger partial charge in [0.1, 0.15) is 0 Å². The number of hydrogen-bond donors (Lipinski definition) is 2. The third-order valence-corrected chi connectivity index (χ3v) is 2.73. The van der Waals surface area contributed by atoms with Gasteiger partial charge in [-0.3, -0.25) is 9.69 Å². The average molecular weight is 221 g/mol. The van der Waals surface area contributed by atoms with Gasteiger partial charge in [-0.05, 0) is 31.2 Å². The number of carbonyl (C=O) groups is 1. The number of nitrogens with two attached hydrogens (primary N) is 2. The van der Waals surface area contributed by atoms with E-state index in [2.05, 4.69) is 6.92 Å². The second kappa shape index (κ2) is 5.51. The molecule has 1 amide bonds. The topological polar surface area (TPSA) is 72.3 Å². The molecule has 1 atom stereocenters. The number of primary amides is 1. The number of hydrogen-bond acceptors (Lipinski definition) is 3. The number of nitrogen functional groups attached to an aromatic ring is 1. The van der Waals surface area contributed by atoms with E-state index in [0.29, 0.717) is 0 Å². The minimum absolute atomic E-state index is 0.165. The van der Waals surface area contributed by atoms with E-state index >= 15 is 0 Å². The molecule has 0 heterocycles. The molecule has 16 heavy (non-hydrogen) atoms. The van der Waals surface area contributed by atoms with Gasteiger partial charge in [0.15, 0.2) is 0 Å². The van der Waals surface area contributed by atoms with Gasteiger partial charge in [-0.2, -0.15) is 0 Å². The Morgan fingerprint density at radius 3 is 2.38 bits per heavy atom. The van der Waals surface area contributed by atoms with Gasteiger partial charge in [-0.1, -0.05) is 19.1 Å². The fourth-order valence-electron chi connectivity index (χ4n) is 1.71. The lowest BCUT2D eigenvalue weighted by Crippen LogP contribution is -2.35. The zero-order valence-corrected chi connectivity index (χ0v) is 9.81. The van der Waals surface area contributed by atoms with Gasteiger partial charge in [0.25, 0.3) is 0 Å². The Bertz CT molecular complexity index is 348. The van der Waals surface area contributed by atoms with Gasteiger partial charge < -0.3 is 11.5 Å². The fraction of sp³-hybridized carbons (Fsp3) is 0.417. The Morgan fingerprint density at radius 2 is 1.94 bits per heavy atom. The molecule has 1 unspecified atom stereocenters. The van der Waals surface area contributed by atoms with E-state index in [1.165, 1.54) is 0 Å². The van der Waals surface area contributed by atoms with Crippen LogP contribution in [-0.2, 0) is 4.79 Å². The number of likely N-dealkylation sites (N-methyl/N-ethyl adjacent to an activating group) is 1. The summed E-state index contributed by atoms with van der Waals surface area (Å²) in [6.45, 7) is 5.13. The van der Waals surface area contributed by atoms with E-state index in [1.807, 2.05) is 36.1 Å². The van der Waals surface area contributed by atoms with Gasteiger partial charge in [0.2, 0.25) is 5.91 Å². The van der Waals surface area contributed by atoms with Gasteiger partial charge in [-0.25, -0.2) is 0 Å². The molecule has 0 aliphatic rings. The minimum Gasteiger partial charge on any atom is -0.399 e. The van der Waals surface area contributed by atoms with Crippen LogP contribution < -0.4 is 11.5 Å². The number of anilines is 1. The molecule has 4 nitrogen and oxygen atoms in total. The zero-order valence-electron chi connectivity index (χ0n) is 9.81. The summed E-state index contributed by atoms with van der Waals surface area (Å²) in [5, 5.41) is 0. The molecule has 0 aliphatic heterocycles. The Morgan fingerprint density at radius 1 is 1.38 bits per heavy atom. The van der Waals surface area contributed by atoms with Gasteiger partial charge in [0.05, 0.1) is 6.54 Å². The van der Waals surface area contributed by atoms with Crippen LogP contribution in [0, 0.1) is 0 Å². The molecule has 0 bridgehead atoms. The van der Waals surface area contributed by atoms with Gasteiger partial charge in [-0.15, -0.1) is 0 Å². The van der Waals surface area contributed by atoms with Crippen LogP contribution in [-0.4, -0.2) is 23.9 Å². The second-order valence-electron chi connectivity index (χ2n) is 3.87. The first-order chi connectivity index (χ1) is 7.54. The van der Waals surface area contributed by atoms with Crippen LogP contribution in [0.25, 0.3) is 0 Å². The van der Waals surface area contributed by atoms with Crippen LogP contribution in [0.5, 0.6) is 0 Å². The molecule has 0 saturated heterocycles. The fourth-order valence-corrected chi connectivity index (χ4v) is 1.71. The Kier molecular flexibility index (Phi) is 4.31. The lowest BCUT2D eigenvalue weighted by atomic mass is 10.1. The molecule has 0 radical (unpaired) electrons. The summed E-state index contributed by atoms with van der Waals surface area (Å²) < 4.78 is 0. The van der Waals surface area contributed by atoms with Crippen molar-refractivity contribution in [1.29, 1.82) is 0 Å². The van der Waals surface area contributed by atoms with Crippen molar-refractivity contribution >= 4 is 11.6 Å². The summed E-state index contributed by atoms with van der Waals surface area (Å²) in [7, 11) is 0. The molecule has 0 spiro atoms. The summed E-state index contributed by atoms with van der Waals surface area (Å²) in [5.41, 5.74) is 12.7. The standard InChI is InChI=1S/C12H19N3O/c1-3-15(8-12(14)16)9(2)10-4-6-11(13)7-5-10/h4-7,9H,3,8,13H2,1-2H3,(H2,14,16). The molecular weight excluding hydrogens is 202 g/mol. The lowest BCUT2D eigenvalue weighted by Gasteiger charge is -2.26. The molecule has 0 fully saturated rings. The SMILES string of the molecule is CCN(CC(N)=O)C(C)c1ccc(N)cc1. The molecule has 4 N–H and O–H groups in total. The third kappa shape index (κ3) is 3.24. The number of nitrogens with zero attached hydrogens (tertiary/aromatic N) is 1. The molecule has 0 aromatic heterocycles. The summed E-state index contributed by atoms with van der Waals surface area (Å²) >= 11 is 0. The average Bonchev–Trinajstić information content (AvgIpc) is 2.25. The van der Waals surface area contributed by atoms with Crippen LogP contribution in [0.3, 0.4) is 0 Å². The highest BCUT2D eigenvalue weighted by molar-refractivity contribution is 5.76. The number of amides is 1. The van der Waals surface area contributed by atoms with Crippen LogP contribution in [0.15, 0.2) is 24.3 Å². The van der Waals surface area contributed by atoms with Crippen molar-refractivity contribution in [2.24, 2.45) is 5.73 Å². The van der Waals surface area contributed by atoms with Crippen molar-refractivity contribution < 1.29 is 4.79 Å². The van der Waals surface area contributed by atoms with E-state index in [-0.39, 0.29) is 18.5 Å². The number of carbonyl (C=O) groups excluding carboxylic acids is 1. The van der Waals surface area contributed by atoms with Crippen molar-refractivity contribution in [1.82, 2.24) is 4.90 Å². The van der Waals surface area contributed by atoms with Crippen molar-refractivity contribution in [2.45, 2.75) is 19.9 Å². The largest absolute Gasteiger partial charge is 0.399 e. The van der Waals surface area contributed by atoms with E-state index in [9.17, 15) is 4.79 Å². The summed E-state index contributed by atoms with van der Waals surface area (Å²) in [4.78, 5) is 12.9. The molecular formula is C12H19N3O. The molecule has 0 saturated carbocycles. The quantitative estimate of drug-likeness (QED) is 0.732. The Labute approximate surface area is 96.2 Å². The minimum atomic E-state index is -0.302. The van der Waals surface area contributed by atoms with Crippen LogP contribution in [0.2, 0.25) is 0 Å². The first-order valence-electron chi connectivity index (χ1n) is 5.42. The van der Waals surface area contributed by atoms with Crippen molar-refractivity contribution in [3.8, 4) is 0 Å². The Hall–Kier alpha value is -1.55. The highest BCUT2D eigenvalue weighted by Gasteiger charge is 2.15. The monoisotopic (exact) mass is 221 g/mol. The molecule has 1 aromatic rings. The van der Waals surface area contributed by atoms with Gasteiger partial charge in [0, 0.05) is 11.7 Å². The summed E-state index contributed by atoms with van der Waals surface area (Å²) in [6, 6.07) is 7.85. The number of rotatable bonds is 5. The lowest BCUT2D eigenvalue weighted by molar-refractivity contribution is -0.119. The van der Waals surface area contributed by atoms with Gasteiger partial charge >= 0.3 is 0 Å². The van der Waals surface area contributed by atoms with Crippen molar-refractivity contribution in [2.75, 3.05) is 18.8 Å². The number of benzene rings is 1. The van der Waals surface area contributed by atoms with Crippen LogP contribution in [0.4, 0.5) is 5.69 Å². The maximum Gasteiger partial charge on any atom is 0.231 e. The maximum atomic E-state index is 10.9. The predicted octanol–water partition coefficient (Wildman–Crippen LogP) is 1.14. The molecule has 1 rings (SSSR count). The maximum absolute atomic E-state index is 10.9. The highest BCUT2D eigenvalue weighted by atomic mass is 16.1. The predicted molar refractivity (Wildman–Crippen MR) is 65.7 cm³/mol. The van der Waals surface area contributed by atoms with Crippen LogP contribution in [0.1, 0.15) is 25.5 Å². The third-order valence-electron chi connectivity index (χ3n) is 2.73. The van der Waals surface area contributed by atoms with Crippen LogP contribution >= 0.6 is 0 Å². The van der Waals surface area contributed by atoms with E-state index in [4.69, 9.17) is 11.5 Å². The smallest absolute Gasteiger partial charge is 0.231 e. The van der Waals surface area contributed by atoms with Crippen molar-refractivity contribution in [3.05, 3.63) is 29.8 Å². The first-order valence-corrected chi connectivity index (χ1v) is 5.42. The van der Waals surface area contributed by atoms with Crippen molar-refractivity contribution in [3.63, 3.8) is 0 Å². The second-order valence-corrected chi connectivity index (χ2v) is 3.87. The van der Waals surface area contributed by atoms with E-state index in [1.54, 1.807) is 0 Å². The molecule has 1 aromatic carbocycles. The summed E-state index contributed by atoms with van der Waals surface area (Å²) in [5.74, 6) is -0.302. The molecule has 0 aliphatic carbocycles. The first kappa shape index (κ1) is 12.5. The van der Waals surface area contributed by atoms with E-state index < -0.39 is 0 Å². The highest BCUT2D eigenvalue weighted by Crippen LogP contribution is 2.20. The summed E-state index contributed by atoms with van der Waals surface area (Å²) in [6.07, 6.45) is 0. The molecule has 88 valence electrons.